The molecule has 1 aliphatic heterocycles. The average molecular weight is 247 g/mol. The molecule has 0 aromatic heterocycles. The van der Waals surface area contributed by atoms with Crippen LogP contribution in [-0.4, -0.2) is 26.0 Å². The van der Waals surface area contributed by atoms with Crippen LogP contribution in [0, 0.1) is 12.3 Å². The molecule has 18 heavy (non-hydrogen) atoms. The summed E-state index contributed by atoms with van der Waals surface area (Å²) in [6.07, 6.45) is 0.861. The Bertz CT molecular complexity index is 472. The highest BCUT2D eigenvalue weighted by Gasteiger charge is 2.40. The van der Waals surface area contributed by atoms with E-state index in [-0.39, 0.29) is 11.3 Å². The van der Waals surface area contributed by atoms with Gasteiger partial charge in [-0.2, -0.15) is 0 Å². The summed E-state index contributed by atoms with van der Waals surface area (Å²) in [6.45, 7) is 5.61. The van der Waals surface area contributed by atoms with Crippen molar-refractivity contribution in [3.63, 3.8) is 0 Å². The molecule has 0 spiro atoms. The molecule has 3 N–H and O–H groups in total. The predicted molar refractivity (Wildman–Crippen MR) is 74.6 cm³/mol. The fourth-order valence-electron chi connectivity index (χ4n) is 2.59. The van der Waals surface area contributed by atoms with E-state index in [2.05, 4.69) is 10.2 Å². The molecule has 1 heterocycles. The Kier molecular flexibility index (Phi) is 3.20. The van der Waals surface area contributed by atoms with Crippen LogP contribution in [0.15, 0.2) is 18.2 Å². The van der Waals surface area contributed by atoms with Crippen molar-refractivity contribution in [3.05, 3.63) is 23.8 Å². The number of nitrogens with one attached hydrogen (secondary N) is 1. The van der Waals surface area contributed by atoms with Crippen molar-refractivity contribution in [1.29, 1.82) is 0 Å². The molecule has 1 aromatic carbocycles. The lowest BCUT2D eigenvalue weighted by molar-refractivity contribution is -0.128. The summed E-state index contributed by atoms with van der Waals surface area (Å²) in [7, 11) is 1.69. The predicted octanol–water partition coefficient (Wildman–Crippen LogP) is 1.54. The van der Waals surface area contributed by atoms with Crippen LogP contribution in [0.3, 0.4) is 0 Å². The first-order valence-corrected chi connectivity index (χ1v) is 6.30. The summed E-state index contributed by atoms with van der Waals surface area (Å²) in [5, 5.41) is 2.75. The van der Waals surface area contributed by atoms with E-state index in [0.717, 1.165) is 36.4 Å². The summed E-state index contributed by atoms with van der Waals surface area (Å²) in [5.74, 6) is 0.108. The first-order chi connectivity index (χ1) is 8.48. The number of rotatable bonds is 2. The molecule has 1 atom stereocenters. The molecule has 1 saturated heterocycles. The number of nitrogen functional groups attached to an aromatic ring is 1. The molecule has 0 saturated carbocycles. The normalized spacial score (nSPS) is 23.2. The van der Waals surface area contributed by atoms with Crippen LogP contribution >= 0.6 is 0 Å². The number of aryl methyl sites for hydroxylation is 1. The van der Waals surface area contributed by atoms with Gasteiger partial charge in [-0.05, 0) is 31.9 Å². The lowest BCUT2D eigenvalue weighted by Crippen LogP contribution is -2.39. The van der Waals surface area contributed by atoms with Gasteiger partial charge in [-0.25, -0.2) is 0 Å². The quantitative estimate of drug-likeness (QED) is 0.779. The molecule has 0 radical (unpaired) electrons. The fourth-order valence-corrected chi connectivity index (χ4v) is 2.59. The summed E-state index contributed by atoms with van der Waals surface area (Å²) >= 11 is 0. The van der Waals surface area contributed by atoms with Gasteiger partial charge in [0.05, 0.1) is 16.8 Å². The number of hydrogen-bond acceptors (Lipinski definition) is 3. The van der Waals surface area contributed by atoms with Gasteiger partial charge in [-0.1, -0.05) is 12.1 Å². The highest BCUT2D eigenvalue weighted by Crippen LogP contribution is 2.36. The first kappa shape index (κ1) is 12.7. The van der Waals surface area contributed by atoms with Gasteiger partial charge in [0.1, 0.15) is 0 Å². The Labute approximate surface area is 108 Å². The second-order valence-corrected chi connectivity index (χ2v) is 5.32. The second kappa shape index (κ2) is 4.52. The van der Waals surface area contributed by atoms with E-state index in [1.54, 1.807) is 7.05 Å². The molecular weight excluding hydrogens is 226 g/mol. The van der Waals surface area contributed by atoms with E-state index in [9.17, 15) is 4.79 Å². The van der Waals surface area contributed by atoms with Crippen molar-refractivity contribution >= 4 is 17.3 Å². The molecule has 1 amide bonds. The van der Waals surface area contributed by atoms with Crippen molar-refractivity contribution < 1.29 is 4.79 Å². The van der Waals surface area contributed by atoms with Gasteiger partial charge < -0.3 is 16.0 Å². The first-order valence-electron chi connectivity index (χ1n) is 6.30. The molecule has 1 unspecified atom stereocenters. The van der Waals surface area contributed by atoms with Crippen LogP contribution in [0.1, 0.15) is 18.9 Å². The number of amides is 1. The Morgan fingerprint density at radius 2 is 2.22 bits per heavy atom. The highest BCUT2D eigenvalue weighted by atomic mass is 16.2. The van der Waals surface area contributed by atoms with Gasteiger partial charge in [-0.15, -0.1) is 0 Å². The zero-order valence-electron chi connectivity index (χ0n) is 11.3. The number of nitrogens with two attached hydrogens (primary N) is 1. The number of anilines is 2. The Hall–Kier alpha value is -1.71. The number of nitrogens with zero attached hydrogens (tertiary/aromatic N) is 1. The fraction of sp³-hybridized carbons (Fsp3) is 0.500. The van der Waals surface area contributed by atoms with Gasteiger partial charge in [0.25, 0.3) is 0 Å². The van der Waals surface area contributed by atoms with Crippen molar-refractivity contribution in [2.45, 2.75) is 20.3 Å². The number of carbonyl (C=O) groups is 1. The van der Waals surface area contributed by atoms with Crippen LogP contribution in [0.5, 0.6) is 0 Å². The van der Waals surface area contributed by atoms with Gasteiger partial charge in [-0.3, -0.25) is 4.79 Å². The molecule has 98 valence electrons. The minimum atomic E-state index is -0.315. The average Bonchev–Trinajstić information content (AvgIpc) is 2.75. The Balaban J connectivity index is 2.23. The van der Waals surface area contributed by atoms with E-state index in [1.165, 1.54) is 0 Å². The largest absolute Gasteiger partial charge is 0.397 e. The molecule has 1 aromatic rings. The summed E-state index contributed by atoms with van der Waals surface area (Å²) < 4.78 is 0. The highest BCUT2D eigenvalue weighted by molar-refractivity contribution is 5.84. The molecule has 4 nitrogen and oxygen atoms in total. The molecule has 1 fully saturated rings. The minimum Gasteiger partial charge on any atom is -0.397 e. The van der Waals surface area contributed by atoms with Crippen molar-refractivity contribution in [2.75, 3.05) is 30.8 Å². The maximum atomic E-state index is 11.9. The molecule has 1 aliphatic rings. The number of hydrogen-bond donors (Lipinski definition) is 2. The SMILES string of the molecule is CNC(=O)C1(C)CCN(c2cccc(C)c2N)C1. The molecule has 4 heteroatoms. The molecule has 0 aliphatic carbocycles. The van der Waals surface area contributed by atoms with E-state index in [1.807, 2.05) is 32.0 Å². The van der Waals surface area contributed by atoms with Gasteiger partial charge in [0.2, 0.25) is 5.91 Å². The van der Waals surface area contributed by atoms with Crippen LogP contribution < -0.4 is 16.0 Å². The number of para-hydroxylation sites is 1. The van der Waals surface area contributed by atoms with E-state index in [4.69, 9.17) is 5.73 Å². The van der Waals surface area contributed by atoms with Crippen molar-refractivity contribution in [2.24, 2.45) is 5.41 Å². The van der Waals surface area contributed by atoms with Gasteiger partial charge in [0.15, 0.2) is 0 Å². The Morgan fingerprint density at radius 1 is 1.50 bits per heavy atom. The summed E-state index contributed by atoms with van der Waals surface area (Å²) in [6, 6.07) is 6.04. The van der Waals surface area contributed by atoms with Gasteiger partial charge >= 0.3 is 0 Å². The topological polar surface area (TPSA) is 58.4 Å². The van der Waals surface area contributed by atoms with Crippen LogP contribution in [-0.2, 0) is 4.79 Å². The maximum absolute atomic E-state index is 11.9. The van der Waals surface area contributed by atoms with Crippen LogP contribution in [0.4, 0.5) is 11.4 Å². The zero-order chi connectivity index (χ0) is 13.3. The molecular formula is C14H21N3O. The van der Waals surface area contributed by atoms with E-state index in [0.29, 0.717) is 0 Å². The number of carbonyl (C=O) groups excluding carboxylic acids is 1. The van der Waals surface area contributed by atoms with E-state index < -0.39 is 0 Å². The van der Waals surface area contributed by atoms with Crippen molar-refractivity contribution in [1.82, 2.24) is 5.32 Å². The van der Waals surface area contributed by atoms with E-state index >= 15 is 0 Å². The summed E-state index contributed by atoms with van der Waals surface area (Å²) in [5.41, 5.74) is 8.75. The third-order valence-electron chi connectivity index (χ3n) is 3.89. The van der Waals surface area contributed by atoms with Gasteiger partial charge in [0, 0.05) is 20.1 Å². The standard InChI is InChI=1S/C14H21N3O/c1-10-5-4-6-11(12(10)15)17-8-7-14(2,9-17)13(18)16-3/h4-6H,7-9,15H2,1-3H3,(H,16,18). The van der Waals surface area contributed by atoms with Crippen LogP contribution in [0.25, 0.3) is 0 Å². The third-order valence-corrected chi connectivity index (χ3v) is 3.89. The smallest absolute Gasteiger partial charge is 0.227 e. The lowest BCUT2D eigenvalue weighted by atomic mass is 9.89. The zero-order valence-corrected chi connectivity index (χ0v) is 11.3. The Morgan fingerprint density at radius 3 is 2.89 bits per heavy atom. The van der Waals surface area contributed by atoms with Crippen molar-refractivity contribution in [3.8, 4) is 0 Å². The summed E-state index contributed by atoms with van der Waals surface area (Å²) in [4.78, 5) is 14.1. The maximum Gasteiger partial charge on any atom is 0.227 e. The number of benzene rings is 1. The minimum absolute atomic E-state index is 0.108. The third kappa shape index (κ3) is 2.03. The molecule has 2 rings (SSSR count). The lowest BCUT2D eigenvalue weighted by Gasteiger charge is -2.25. The van der Waals surface area contributed by atoms with Crippen LogP contribution in [0.2, 0.25) is 0 Å². The molecule has 0 bridgehead atoms. The monoisotopic (exact) mass is 247 g/mol. The second-order valence-electron chi connectivity index (χ2n) is 5.32.